The first-order valence-corrected chi connectivity index (χ1v) is 3.99. The van der Waals surface area contributed by atoms with Gasteiger partial charge in [0, 0.05) is 5.56 Å². The normalized spacial score (nSPS) is 8.57. The number of aldehydes is 2. The Hall–Kier alpha value is -2.08. The van der Waals surface area contributed by atoms with E-state index in [4.69, 9.17) is 0 Å². The van der Waals surface area contributed by atoms with Gasteiger partial charge >= 0.3 is 0 Å². The number of carbonyl (C=O) groups excluding carboxylic acids is 2. The number of aromatic hydroxyl groups is 1. The molecule has 0 spiro atoms. The van der Waals surface area contributed by atoms with E-state index in [1.807, 2.05) is 0 Å². The third-order valence-electron chi connectivity index (χ3n) is 1.60. The molecule has 1 rings (SSSR count). The van der Waals surface area contributed by atoms with Crippen molar-refractivity contribution < 1.29 is 14.7 Å². The maximum Gasteiger partial charge on any atom is 0.151 e. The first-order valence-electron chi connectivity index (χ1n) is 3.99. The van der Waals surface area contributed by atoms with E-state index >= 15 is 0 Å². The van der Waals surface area contributed by atoms with E-state index in [0.717, 1.165) is 0 Å². The van der Waals surface area contributed by atoms with Gasteiger partial charge in [-0.3, -0.25) is 4.79 Å². The van der Waals surface area contributed by atoms with Gasteiger partial charge in [0.25, 0.3) is 0 Å². The Balaban J connectivity index is 3.12. The second-order valence-corrected chi connectivity index (χ2v) is 2.53. The van der Waals surface area contributed by atoms with Crippen LogP contribution in [-0.4, -0.2) is 17.7 Å². The number of hydrogen-bond donors (Lipinski definition) is 1. The summed E-state index contributed by atoms with van der Waals surface area (Å²) >= 11 is 0. The number of phenolic OH excluding ortho intramolecular Hbond substituents is 1. The molecule has 0 radical (unpaired) electrons. The molecule has 0 aliphatic heterocycles. The zero-order valence-corrected chi connectivity index (χ0v) is 7.36. The SMILES string of the molecule is O=CCC#Cc1c(O)cccc1C=O. The van der Waals surface area contributed by atoms with Crippen LogP contribution in [0.3, 0.4) is 0 Å². The maximum atomic E-state index is 10.6. The van der Waals surface area contributed by atoms with Gasteiger partial charge in [0.05, 0.1) is 12.0 Å². The molecule has 0 bridgehead atoms. The summed E-state index contributed by atoms with van der Waals surface area (Å²) in [6, 6.07) is 4.56. The second kappa shape index (κ2) is 4.83. The Morgan fingerprint density at radius 3 is 2.79 bits per heavy atom. The lowest BCUT2D eigenvalue weighted by atomic mass is 10.1. The van der Waals surface area contributed by atoms with Crippen molar-refractivity contribution in [3.63, 3.8) is 0 Å². The largest absolute Gasteiger partial charge is 0.507 e. The Labute approximate surface area is 81.4 Å². The summed E-state index contributed by atoms with van der Waals surface area (Å²) in [4.78, 5) is 20.6. The monoisotopic (exact) mass is 188 g/mol. The average Bonchev–Trinajstić information content (AvgIpc) is 2.20. The average molecular weight is 188 g/mol. The molecule has 0 fully saturated rings. The van der Waals surface area contributed by atoms with Gasteiger partial charge in [-0.25, -0.2) is 0 Å². The second-order valence-electron chi connectivity index (χ2n) is 2.53. The van der Waals surface area contributed by atoms with Crippen LogP contribution < -0.4 is 0 Å². The fourth-order valence-corrected chi connectivity index (χ4v) is 0.973. The lowest BCUT2D eigenvalue weighted by Crippen LogP contribution is -1.87. The van der Waals surface area contributed by atoms with Gasteiger partial charge in [-0.05, 0) is 6.07 Å². The van der Waals surface area contributed by atoms with Crippen molar-refractivity contribution in [1.29, 1.82) is 0 Å². The Kier molecular flexibility index (Phi) is 3.45. The van der Waals surface area contributed by atoms with Gasteiger partial charge in [-0.2, -0.15) is 0 Å². The molecule has 70 valence electrons. The van der Waals surface area contributed by atoms with Gasteiger partial charge in [-0.1, -0.05) is 24.0 Å². The van der Waals surface area contributed by atoms with E-state index in [-0.39, 0.29) is 17.7 Å². The van der Waals surface area contributed by atoms with Crippen LogP contribution >= 0.6 is 0 Å². The highest BCUT2D eigenvalue weighted by Crippen LogP contribution is 2.18. The van der Waals surface area contributed by atoms with Crippen molar-refractivity contribution in [2.75, 3.05) is 0 Å². The highest BCUT2D eigenvalue weighted by atomic mass is 16.3. The van der Waals surface area contributed by atoms with Crippen LogP contribution in [-0.2, 0) is 4.79 Å². The van der Waals surface area contributed by atoms with Crippen LogP contribution in [0.4, 0.5) is 0 Å². The summed E-state index contributed by atoms with van der Waals surface area (Å²) in [6.07, 6.45) is 1.37. The number of rotatable bonds is 2. The summed E-state index contributed by atoms with van der Waals surface area (Å²) in [5.41, 5.74) is 0.591. The minimum atomic E-state index is -0.0481. The van der Waals surface area contributed by atoms with Crippen LogP contribution in [0.1, 0.15) is 22.3 Å². The Morgan fingerprint density at radius 2 is 2.14 bits per heavy atom. The summed E-state index contributed by atoms with van der Waals surface area (Å²) < 4.78 is 0. The van der Waals surface area contributed by atoms with Crippen LogP contribution in [0.25, 0.3) is 0 Å². The lowest BCUT2D eigenvalue weighted by Gasteiger charge is -1.98. The van der Waals surface area contributed by atoms with Gasteiger partial charge in [-0.15, -0.1) is 0 Å². The highest BCUT2D eigenvalue weighted by molar-refractivity contribution is 5.81. The van der Waals surface area contributed by atoms with Gasteiger partial charge < -0.3 is 9.90 Å². The molecule has 0 amide bonds. The lowest BCUT2D eigenvalue weighted by molar-refractivity contribution is -0.107. The molecule has 0 atom stereocenters. The van der Waals surface area contributed by atoms with Crippen molar-refractivity contribution in [3.05, 3.63) is 29.3 Å². The molecule has 0 saturated heterocycles. The Morgan fingerprint density at radius 1 is 1.36 bits per heavy atom. The van der Waals surface area contributed by atoms with Gasteiger partial charge in [0.2, 0.25) is 0 Å². The molecule has 0 heterocycles. The predicted octanol–water partition coefficient (Wildman–Crippen LogP) is 1.15. The summed E-state index contributed by atoms with van der Waals surface area (Å²) in [6.45, 7) is 0. The topological polar surface area (TPSA) is 54.4 Å². The first kappa shape index (κ1) is 10.0. The molecular formula is C11H8O3. The van der Waals surface area contributed by atoms with E-state index in [9.17, 15) is 14.7 Å². The van der Waals surface area contributed by atoms with Crippen LogP contribution in [0.2, 0.25) is 0 Å². The molecule has 14 heavy (non-hydrogen) atoms. The molecule has 1 N–H and O–H groups in total. The van der Waals surface area contributed by atoms with Crippen LogP contribution in [0.5, 0.6) is 5.75 Å². The van der Waals surface area contributed by atoms with E-state index in [1.54, 1.807) is 12.1 Å². The van der Waals surface area contributed by atoms with E-state index in [1.165, 1.54) is 6.07 Å². The van der Waals surface area contributed by atoms with E-state index in [0.29, 0.717) is 18.1 Å². The van der Waals surface area contributed by atoms with E-state index < -0.39 is 0 Å². The first-order chi connectivity index (χ1) is 6.79. The quantitative estimate of drug-likeness (QED) is 0.559. The molecule has 1 aromatic carbocycles. The molecule has 0 aromatic heterocycles. The smallest absolute Gasteiger partial charge is 0.151 e. The predicted molar refractivity (Wildman–Crippen MR) is 51.1 cm³/mol. The molecule has 0 aliphatic rings. The standard InChI is InChI=1S/C11H8O3/c12-7-2-1-5-10-9(8-13)4-3-6-11(10)14/h3-4,6-8,14H,2H2. The molecule has 1 aromatic rings. The Bertz CT molecular complexity index is 410. The molecule has 0 saturated carbocycles. The van der Waals surface area contributed by atoms with Crippen molar-refractivity contribution in [3.8, 4) is 17.6 Å². The third-order valence-corrected chi connectivity index (χ3v) is 1.60. The van der Waals surface area contributed by atoms with Gasteiger partial charge in [0.15, 0.2) is 6.29 Å². The fraction of sp³-hybridized carbons (Fsp3) is 0.0909. The molecule has 0 unspecified atom stereocenters. The van der Waals surface area contributed by atoms with Crippen molar-refractivity contribution in [2.45, 2.75) is 6.42 Å². The number of phenols is 1. The molecule has 0 aliphatic carbocycles. The third kappa shape index (κ3) is 2.20. The molecular weight excluding hydrogens is 180 g/mol. The van der Waals surface area contributed by atoms with Gasteiger partial charge in [0.1, 0.15) is 12.0 Å². The summed E-state index contributed by atoms with van der Waals surface area (Å²) in [5.74, 6) is 5.05. The van der Waals surface area contributed by atoms with Crippen molar-refractivity contribution in [1.82, 2.24) is 0 Å². The number of hydrogen-bond acceptors (Lipinski definition) is 3. The zero-order valence-electron chi connectivity index (χ0n) is 7.36. The minimum Gasteiger partial charge on any atom is -0.507 e. The summed E-state index contributed by atoms with van der Waals surface area (Å²) in [5, 5.41) is 9.37. The zero-order chi connectivity index (χ0) is 10.4. The van der Waals surface area contributed by atoms with Crippen molar-refractivity contribution >= 4 is 12.6 Å². The van der Waals surface area contributed by atoms with Crippen molar-refractivity contribution in [2.24, 2.45) is 0 Å². The van der Waals surface area contributed by atoms with Crippen LogP contribution in [0, 0.1) is 11.8 Å². The highest BCUT2D eigenvalue weighted by Gasteiger charge is 2.02. The van der Waals surface area contributed by atoms with Crippen LogP contribution in [0.15, 0.2) is 18.2 Å². The minimum absolute atomic E-state index is 0.0481. The number of carbonyl (C=O) groups is 2. The number of benzene rings is 1. The summed E-state index contributed by atoms with van der Waals surface area (Å²) in [7, 11) is 0. The fourth-order valence-electron chi connectivity index (χ4n) is 0.973. The maximum absolute atomic E-state index is 10.6. The molecule has 3 heteroatoms. The van der Waals surface area contributed by atoms with E-state index in [2.05, 4.69) is 11.8 Å². The molecule has 3 nitrogen and oxygen atoms in total.